The Labute approximate surface area is 93.1 Å². The number of rotatable bonds is 3. The second-order valence-electron chi connectivity index (χ2n) is 3.58. The van der Waals surface area contributed by atoms with Crippen molar-refractivity contribution in [1.82, 2.24) is 4.90 Å². The quantitative estimate of drug-likeness (QED) is 0.531. The molecule has 1 fully saturated rings. The van der Waals surface area contributed by atoms with Crippen molar-refractivity contribution in [3.8, 4) is 0 Å². The minimum Gasteiger partial charge on any atom is -0.466 e. The summed E-state index contributed by atoms with van der Waals surface area (Å²) in [5.41, 5.74) is 0. The lowest BCUT2D eigenvalue weighted by atomic mass is 10.2. The summed E-state index contributed by atoms with van der Waals surface area (Å²) in [6, 6.07) is 0. The number of esters is 1. The van der Waals surface area contributed by atoms with Gasteiger partial charge in [0.2, 0.25) is 0 Å². The van der Waals surface area contributed by atoms with Crippen LogP contribution in [0.3, 0.4) is 0 Å². The average molecular weight is 213 g/mol. The highest BCUT2D eigenvalue weighted by molar-refractivity contribution is 5.81. The molecule has 0 saturated carbocycles. The van der Waals surface area contributed by atoms with E-state index in [9.17, 15) is 4.79 Å². The third kappa shape index (κ3) is 6.28. The fraction of sp³-hybridized carbons (Fsp3) is 0.750. The first kappa shape index (κ1) is 14.2. The SMILES string of the molecule is CC.COC(=O)/C=C/CN1CCC(C)C1. The van der Waals surface area contributed by atoms with Crippen LogP contribution < -0.4 is 0 Å². The van der Waals surface area contributed by atoms with E-state index in [0.29, 0.717) is 0 Å². The van der Waals surface area contributed by atoms with E-state index in [2.05, 4.69) is 16.6 Å². The fourth-order valence-electron chi connectivity index (χ4n) is 1.56. The first-order chi connectivity index (χ1) is 7.22. The van der Waals surface area contributed by atoms with Crippen molar-refractivity contribution in [1.29, 1.82) is 0 Å². The predicted octanol–water partition coefficient (Wildman–Crippen LogP) is 2.08. The van der Waals surface area contributed by atoms with Crippen LogP contribution in [0.1, 0.15) is 27.2 Å². The Morgan fingerprint density at radius 3 is 2.67 bits per heavy atom. The van der Waals surface area contributed by atoms with Crippen molar-refractivity contribution in [2.45, 2.75) is 27.2 Å². The first-order valence-corrected chi connectivity index (χ1v) is 5.69. The molecule has 3 nitrogen and oxygen atoms in total. The highest BCUT2D eigenvalue weighted by atomic mass is 16.5. The monoisotopic (exact) mass is 213 g/mol. The molecule has 1 unspecified atom stereocenters. The number of nitrogens with zero attached hydrogens (tertiary/aromatic N) is 1. The Morgan fingerprint density at radius 2 is 2.20 bits per heavy atom. The van der Waals surface area contributed by atoms with Crippen LogP contribution >= 0.6 is 0 Å². The van der Waals surface area contributed by atoms with Crippen LogP contribution in [0.25, 0.3) is 0 Å². The van der Waals surface area contributed by atoms with Gasteiger partial charge in [-0.25, -0.2) is 4.79 Å². The summed E-state index contributed by atoms with van der Waals surface area (Å²) in [5, 5.41) is 0. The molecule has 0 aromatic heterocycles. The lowest BCUT2D eigenvalue weighted by Gasteiger charge is -2.11. The molecule has 0 aliphatic carbocycles. The van der Waals surface area contributed by atoms with Crippen LogP contribution in [0.15, 0.2) is 12.2 Å². The molecule has 0 amide bonds. The van der Waals surface area contributed by atoms with Gasteiger partial charge in [-0.2, -0.15) is 0 Å². The van der Waals surface area contributed by atoms with Gasteiger partial charge in [0.15, 0.2) is 0 Å². The minimum absolute atomic E-state index is 0.271. The van der Waals surface area contributed by atoms with Crippen LogP contribution in [-0.4, -0.2) is 37.6 Å². The highest BCUT2D eigenvalue weighted by Crippen LogP contribution is 2.14. The van der Waals surface area contributed by atoms with E-state index >= 15 is 0 Å². The van der Waals surface area contributed by atoms with Gasteiger partial charge in [-0.15, -0.1) is 0 Å². The van der Waals surface area contributed by atoms with E-state index in [1.54, 1.807) is 0 Å². The fourth-order valence-corrected chi connectivity index (χ4v) is 1.56. The number of hydrogen-bond donors (Lipinski definition) is 0. The largest absolute Gasteiger partial charge is 0.466 e. The number of carbonyl (C=O) groups is 1. The predicted molar refractivity (Wildman–Crippen MR) is 62.7 cm³/mol. The summed E-state index contributed by atoms with van der Waals surface area (Å²) in [6.45, 7) is 9.40. The molecule has 0 N–H and O–H groups in total. The van der Waals surface area contributed by atoms with Crippen molar-refractivity contribution in [3.05, 3.63) is 12.2 Å². The van der Waals surface area contributed by atoms with Crippen LogP contribution in [0.5, 0.6) is 0 Å². The second-order valence-corrected chi connectivity index (χ2v) is 3.58. The molecule has 0 aromatic rings. The molecule has 0 spiro atoms. The lowest BCUT2D eigenvalue weighted by Crippen LogP contribution is -2.20. The molecular formula is C12H23NO2. The third-order valence-corrected chi connectivity index (χ3v) is 2.33. The Bertz CT molecular complexity index is 202. The van der Waals surface area contributed by atoms with Crippen LogP contribution in [-0.2, 0) is 9.53 Å². The maximum atomic E-state index is 10.7. The van der Waals surface area contributed by atoms with Crippen molar-refractivity contribution in [3.63, 3.8) is 0 Å². The number of likely N-dealkylation sites (tertiary alicyclic amines) is 1. The molecular weight excluding hydrogens is 190 g/mol. The summed E-state index contributed by atoms with van der Waals surface area (Å²) < 4.78 is 4.49. The van der Waals surface area contributed by atoms with Gasteiger partial charge in [-0.05, 0) is 18.9 Å². The zero-order chi connectivity index (χ0) is 11.7. The molecule has 3 heteroatoms. The zero-order valence-corrected chi connectivity index (χ0v) is 10.3. The molecule has 88 valence electrons. The highest BCUT2D eigenvalue weighted by Gasteiger charge is 2.16. The van der Waals surface area contributed by atoms with E-state index < -0.39 is 0 Å². The van der Waals surface area contributed by atoms with Crippen LogP contribution in [0, 0.1) is 5.92 Å². The van der Waals surface area contributed by atoms with E-state index in [1.807, 2.05) is 19.9 Å². The molecule has 1 aliphatic rings. The van der Waals surface area contributed by atoms with Crippen molar-refractivity contribution >= 4 is 5.97 Å². The summed E-state index contributed by atoms with van der Waals surface area (Å²) >= 11 is 0. The number of hydrogen-bond acceptors (Lipinski definition) is 3. The number of ether oxygens (including phenoxy) is 1. The maximum absolute atomic E-state index is 10.7. The maximum Gasteiger partial charge on any atom is 0.330 e. The molecule has 1 rings (SSSR count). The summed E-state index contributed by atoms with van der Waals surface area (Å²) in [4.78, 5) is 13.1. The van der Waals surface area contributed by atoms with E-state index in [1.165, 1.54) is 19.6 Å². The van der Waals surface area contributed by atoms with Gasteiger partial charge < -0.3 is 4.74 Å². The Balaban J connectivity index is 0.000000921. The van der Waals surface area contributed by atoms with Crippen LogP contribution in [0.4, 0.5) is 0 Å². The van der Waals surface area contributed by atoms with Gasteiger partial charge in [0.1, 0.15) is 0 Å². The van der Waals surface area contributed by atoms with E-state index in [-0.39, 0.29) is 5.97 Å². The normalized spacial score (nSPS) is 21.2. The summed E-state index contributed by atoms with van der Waals surface area (Å²) in [5.74, 6) is 0.527. The number of carbonyl (C=O) groups excluding carboxylic acids is 1. The molecule has 1 atom stereocenters. The standard InChI is InChI=1S/C10H17NO2.C2H6/c1-9-5-7-11(8-9)6-3-4-10(12)13-2;1-2/h3-4,9H,5-8H2,1-2H3;1-2H3/b4-3+;. The molecule has 1 saturated heterocycles. The molecule has 15 heavy (non-hydrogen) atoms. The Hall–Kier alpha value is -0.830. The third-order valence-electron chi connectivity index (χ3n) is 2.33. The topological polar surface area (TPSA) is 29.5 Å². The summed E-state index contributed by atoms with van der Waals surface area (Å²) in [7, 11) is 1.39. The lowest BCUT2D eigenvalue weighted by molar-refractivity contribution is -0.134. The molecule has 0 bridgehead atoms. The first-order valence-electron chi connectivity index (χ1n) is 5.69. The average Bonchev–Trinajstić information content (AvgIpc) is 2.67. The van der Waals surface area contributed by atoms with Gasteiger partial charge in [0.25, 0.3) is 0 Å². The Morgan fingerprint density at radius 1 is 1.53 bits per heavy atom. The second kappa shape index (κ2) is 8.48. The smallest absolute Gasteiger partial charge is 0.330 e. The summed E-state index contributed by atoms with van der Waals surface area (Å²) in [6.07, 6.45) is 4.62. The van der Waals surface area contributed by atoms with Crippen molar-refractivity contribution in [2.24, 2.45) is 5.92 Å². The molecule has 1 heterocycles. The Kier molecular flexibility index (Phi) is 8.01. The van der Waals surface area contributed by atoms with Crippen molar-refractivity contribution in [2.75, 3.05) is 26.7 Å². The van der Waals surface area contributed by atoms with Crippen LogP contribution in [0.2, 0.25) is 0 Å². The molecule has 1 aliphatic heterocycles. The van der Waals surface area contributed by atoms with E-state index in [0.717, 1.165) is 25.6 Å². The zero-order valence-electron chi connectivity index (χ0n) is 10.3. The van der Waals surface area contributed by atoms with E-state index in [4.69, 9.17) is 0 Å². The molecule has 0 radical (unpaired) electrons. The van der Waals surface area contributed by atoms with Gasteiger partial charge in [-0.1, -0.05) is 26.8 Å². The minimum atomic E-state index is -0.271. The van der Waals surface area contributed by atoms with Gasteiger partial charge in [-0.3, -0.25) is 4.90 Å². The van der Waals surface area contributed by atoms with Gasteiger partial charge in [0.05, 0.1) is 7.11 Å². The van der Waals surface area contributed by atoms with Crippen molar-refractivity contribution < 1.29 is 9.53 Å². The molecule has 0 aromatic carbocycles. The van der Waals surface area contributed by atoms with Gasteiger partial charge >= 0.3 is 5.97 Å². The van der Waals surface area contributed by atoms with Gasteiger partial charge in [0, 0.05) is 19.2 Å². The number of methoxy groups -OCH3 is 1.